The first-order valence-corrected chi connectivity index (χ1v) is 9.08. The third-order valence-electron chi connectivity index (χ3n) is 3.44. The van der Waals surface area contributed by atoms with Crippen LogP contribution >= 0.6 is 11.8 Å². The lowest BCUT2D eigenvalue weighted by atomic mass is 10.1. The number of carbonyl (C=O) groups is 3. The van der Waals surface area contributed by atoms with Crippen molar-refractivity contribution < 1.29 is 23.5 Å². The third kappa shape index (κ3) is 6.33. The van der Waals surface area contributed by atoms with Gasteiger partial charge in [0.2, 0.25) is 0 Å². The Labute approximate surface area is 154 Å². The van der Waals surface area contributed by atoms with Crippen LogP contribution in [0.3, 0.4) is 0 Å². The molecule has 1 N–H and O–H groups in total. The number of ether oxygens (including phenoxy) is 1. The molecule has 0 aliphatic rings. The van der Waals surface area contributed by atoms with E-state index < -0.39 is 24.3 Å². The van der Waals surface area contributed by atoms with Gasteiger partial charge >= 0.3 is 5.97 Å². The van der Waals surface area contributed by atoms with Crippen molar-refractivity contribution in [2.75, 3.05) is 18.2 Å². The molecule has 0 radical (unpaired) electrons. The van der Waals surface area contributed by atoms with E-state index in [-0.39, 0.29) is 24.3 Å². The summed E-state index contributed by atoms with van der Waals surface area (Å²) in [4.78, 5) is 36.4. The van der Waals surface area contributed by atoms with Crippen molar-refractivity contribution in [1.82, 2.24) is 0 Å². The number of Topliss-reactive ketones (excluding diaryl/α,β-unsaturated/α-hetero) is 1. The lowest BCUT2D eigenvalue weighted by Gasteiger charge is -2.07. The van der Waals surface area contributed by atoms with E-state index in [0.717, 1.165) is 11.0 Å². The van der Waals surface area contributed by atoms with Crippen molar-refractivity contribution in [2.24, 2.45) is 0 Å². The van der Waals surface area contributed by atoms with E-state index in [1.807, 2.05) is 18.4 Å². The summed E-state index contributed by atoms with van der Waals surface area (Å²) in [6.07, 6.45) is 1.83. The molecule has 0 aromatic heterocycles. The molecule has 2 rings (SSSR count). The van der Waals surface area contributed by atoms with Gasteiger partial charge in [0, 0.05) is 22.6 Å². The summed E-state index contributed by atoms with van der Waals surface area (Å²) in [6, 6.07) is 12.5. The number of nitrogens with one attached hydrogen (secondary N) is 1. The second-order valence-corrected chi connectivity index (χ2v) is 6.25. The van der Waals surface area contributed by atoms with Crippen LogP contribution in [0.4, 0.5) is 10.1 Å². The van der Waals surface area contributed by atoms with Gasteiger partial charge in [-0.05, 0) is 36.6 Å². The molecule has 0 spiro atoms. The Balaban J connectivity index is 1.72. The van der Waals surface area contributed by atoms with Gasteiger partial charge in [-0.15, -0.1) is 11.8 Å². The van der Waals surface area contributed by atoms with E-state index in [9.17, 15) is 18.8 Å². The maximum atomic E-state index is 13.0. The van der Waals surface area contributed by atoms with Crippen molar-refractivity contribution >= 4 is 35.1 Å². The Morgan fingerprint density at radius 3 is 2.46 bits per heavy atom. The second kappa shape index (κ2) is 9.72. The van der Waals surface area contributed by atoms with E-state index in [1.165, 1.54) is 18.2 Å². The number of rotatable bonds is 8. The van der Waals surface area contributed by atoms with Gasteiger partial charge in [0.15, 0.2) is 12.4 Å². The zero-order valence-corrected chi connectivity index (χ0v) is 15.0. The molecule has 1 amide bonds. The molecule has 0 saturated carbocycles. The van der Waals surface area contributed by atoms with Crippen LogP contribution in [-0.4, -0.2) is 30.5 Å². The minimum absolute atomic E-state index is 0.00294. The highest BCUT2D eigenvalue weighted by atomic mass is 32.2. The average Bonchev–Trinajstić information content (AvgIpc) is 2.64. The normalized spacial score (nSPS) is 10.2. The fourth-order valence-electron chi connectivity index (χ4n) is 2.12. The van der Waals surface area contributed by atoms with Crippen molar-refractivity contribution in [2.45, 2.75) is 17.7 Å². The van der Waals surface area contributed by atoms with Crippen LogP contribution in [0.1, 0.15) is 23.2 Å². The highest BCUT2D eigenvalue weighted by Crippen LogP contribution is 2.16. The highest BCUT2D eigenvalue weighted by molar-refractivity contribution is 7.98. The SMILES string of the molecule is CSc1ccc(C(=O)CCC(=O)OCC(=O)Nc2cccc(F)c2)cc1. The Morgan fingerprint density at radius 1 is 1.08 bits per heavy atom. The molecule has 136 valence electrons. The number of carbonyl (C=O) groups excluding carboxylic acids is 3. The number of benzene rings is 2. The van der Waals surface area contributed by atoms with Crippen LogP contribution < -0.4 is 5.32 Å². The van der Waals surface area contributed by atoms with Crippen LogP contribution in [0.25, 0.3) is 0 Å². The quantitative estimate of drug-likeness (QED) is 0.433. The Bertz CT molecular complexity index is 792. The Hall–Kier alpha value is -2.67. The first kappa shape index (κ1) is 19.7. The lowest BCUT2D eigenvalue weighted by Crippen LogP contribution is -2.21. The molecule has 0 fully saturated rings. The van der Waals surface area contributed by atoms with Crippen molar-refractivity contribution in [3.63, 3.8) is 0 Å². The summed E-state index contributed by atoms with van der Waals surface area (Å²) in [6.45, 7) is -0.494. The summed E-state index contributed by atoms with van der Waals surface area (Å²) in [5.41, 5.74) is 0.800. The predicted molar refractivity (Wildman–Crippen MR) is 97.8 cm³/mol. The van der Waals surface area contributed by atoms with Crippen molar-refractivity contribution in [1.29, 1.82) is 0 Å². The van der Waals surface area contributed by atoms with Crippen LogP contribution in [0.2, 0.25) is 0 Å². The number of halogens is 1. The van der Waals surface area contributed by atoms with Gasteiger partial charge in [-0.25, -0.2) is 4.39 Å². The maximum absolute atomic E-state index is 13.0. The zero-order chi connectivity index (χ0) is 18.9. The number of thioether (sulfide) groups is 1. The average molecular weight is 375 g/mol. The topological polar surface area (TPSA) is 72.5 Å². The summed E-state index contributed by atoms with van der Waals surface area (Å²) < 4.78 is 17.8. The van der Waals surface area contributed by atoms with Crippen LogP contribution in [-0.2, 0) is 14.3 Å². The molecule has 0 aliphatic heterocycles. The summed E-state index contributed by atoms with van der Waals surface area (Å²) in [7, 11) is 0. The fourth-order valence-corrected chi connectivity index (χ4v) is 2.53. The Kier molecular flexibility index (Phi) is 7.35. The largest absolute Gasteiger partial charge is 0.456 e. The molecule has 2 aromatic carbocycles. The zero-order valence-electron chi connectivity index (χ0n) is 14.2. The van der Waals surface area contributed by atoms with Gasteiger partial charge in [-0.1, -0.05) is 18.2 Å². The molecule has 0 aliphatic carbocycles. The lowest BCUT2D eigenvalue weighted by molar-refractivity contribution is -0.147. The summed E-state index contributed by atoms with van der Waals surface area (Å²) in [5, 5.41) is 2.41. The van der Waals surface area contributed by atoms with Gasteiger partial charge < -0.3 is 10.1 Å². The van der Waals surface area contributed by atoms with E-state index in [4.69, 9.17) is 4.74 Å². The Morgan fingerprint density at radius 2 is 1.81 bits per heavy atom. The molecule has 0 atom stereocenters. The van der Waals surface area contributed by atoms with E-state index in [2.05, 4.69) is 5.32 Å². The number of anilines is 1. The first-order valence-electron chi connectivity index (χ1n) is 7.86. The summed E-state index contributed by atoms with van der Waals surface area (Å²) in [5.74, 6) is -1.88. The molecule has 5 nitrogen and oxygen atoms in total. The van der Waals surface area contributed by atoms with Crippen molar-refractivity contribution in [3.05, 3.63) is 59.9 Å². The van der Waals surface area contributed by atoms with Gasteiger partial charge in [0.1, 0.15) is 5.82 Å². The van der Waals surface area contributed by atoms with E-state index >= 15 is 0 Å². The van der Waals surface area contributed by atoms with Gasteiger partial charge in [-0.2, -0.15) is 0 Å². The van der Waals surface area contributed by atoms with Crippen LogP contribution in [0.15, 0.2) is 53.4 Å². The van der Waals surface area contributed by atoms with Crippen LogP contribution in [0, 0.1) is 5.82 Å². The molecule has 0 unspecified atom stereocenters. The van der Waals surface area contributed by atoms with E-state index in [1.54, 1.807) is 23.9 Å². The van der Waals surface area contributed by atoms with E-state index in [0.29, 0.717) is 5.56 Å². The number of esters is 1. The molecule has 26 heavy (non-hydrogen) atoms. The fraction of sp³-hybridized carbons (Fsp3) is 0.211. The molecule has 0 heterocycles. The predicted octanol–water partition coefficient (Wildman–Crippen LogP) is 3.69. The smallest absolute Gasteiger partial charge is 0.306 e. The van der Waals surface area contributed by atoms with Gasteiger partial charge in [-0.3, -0.25) is 14.4 Å². The molecule has 0 saturated heterocycles. The first-order chi connectivity index (χ1) is 12.5. The number of hydrogen-bond donors (Lipinski definition) is 1. The second-order valence-electron chi connectivity index (χ2n) is 5.37. The minimum atomic E-state index is -0.645. The monoisotopic (exact) mass is 375 g/mol. The highest BCUT2D eigenvalue weighted by Gasteiger charge is 2.12. The molecule has 0 bridgehead atoms. The number of amides is 1. The third-order valence-corrected chi connectivity index (χ3v) is 4.18. The van der Waals surface area contributed by atoms with Gasteiger partial charge in [0.25, 0.3) is 5.91 Å². The van der Waals surface area contributed by atoms with Crippen LogP contribution in [0.5, 0.6) is 0 Å². The molecular formula is C19H18FNO4S. The van der Waals surface area contributed by atoms with Crippen molar-refractivity contribution in [3.8, 4) is 0 Å². The molecule has 2 aromatic rings. The number of hydrogen-bond acceptors (Lipinski definition) is 5. The summed E-state index contributed by atoms with van der Waals surface area (Å²) >= 11 is 1.57. The standard InChI is InChI=1S/C19H18FNO4S/c1-26-16-7-5-13(6-8-16)17(22)9-10-19(24)25-12-18(23)21-15-4-2-3-14(20)11-15/h2-8,11H,9-10,12H2,1H3,(H,21,23). The molecule has 7 heteroatoms. The number of ketones is 1. The molecular weight excluding hydrogens is 357 g/mol. The maximum Gasteiger partial charge on any atom is 0.306 e. The van der Waals surface area contributed by atoms with Gasteiger partial charge in [0.05, 0.1) is 6.42 Å². The minimum Gasteiger partial charge on any atom is -0.456 e.